The zero-order chi connectivity index (χ0) is 17.1. The van der Waals surface area contributed by atoms with Gasteiger partial charge in [-0.2, -0.15) is 0 Å². The van der Waals surface area contributed by atoms with Crippen LogP contribution in [-0.2, 0) is 10.2 Å². The van der Waals surface area contributed by atoms with Gasteiger partial charge in [-0.3, -0.25) is 4.98 Å². The van der Waals surface area contributed by atoms with Crippen molar-refractivity contribution in [3.63, 3.8) is 0 Å². The molecule has 0 amide bonds. The molecule has 1 fully saturated rings. The molecule has 2 aliphatic heterocycles. The summed E-state index contributed by atoms with van der Waals surface area (Å²) in [6.45, 7) is 4.97. The lowest BCUT2D eigenvalue weighted by Crippen LogP contribution is -2.43. The second-order valence-electron chi connectivity index (χ2n) is 6.85. The van der Waals surface area contributed by atoms with E-state index in [-0.39, 0.29) is 11.5 Å². The first-order valence-electron chi connectivity index (χ1n) is 8.88. The fourth-order valence-electron chi connectivity index (χ4n) is 3.65. The highest BCUT2D eigenvalue weighted by molar-refractivity contribution is 5.47. The smallest absolute Gasteiger partial charge is 0.231 e. The molecule has 2 aromatic rings. The number of aromatic nitrogens is 1. The van der Waals surface area contributed by atoms with Crippen molar-refractivity contribution in [3.05, 3.63) is 53.9 Å². The topological polar surface area (TPSA) is 52.6 Å². The lowest BCUT2D eigenvalue weighted by molar-refractivity contribution is 0.0489. The van der Waals surface area contributed by atoms with Gasteiger partial charge in [0.15, 0.2) is 11.5 Å². The molecule has 1 N–H and O–H groups in total. The molecule has 25 heavy (non-hydrogen) atoms. The predicted octanol–water partition coefficient (Wildman–Crippen LogP) is 3.21. The van der Waals surface area contributed by atoms with E-state index in [1.165, 1.54) is 11.1 Å². The maximum absolute atomic E-state index is 5.64. The van der Waals surface area contributed by atoms with Gasteiger partial charge >= 0.3 is 0 Å². The van der Waals surface area contributed by atoms with Gasteiger partial charge in [-0.05, 0) is 49.1 Å². The predicted molar refractivity (Wildman–Crippen MR) is 95.0 cm³/mol. The third-order valence-electron chi connectivity index (χ3n) is 5.37. The Kier molecular flexibility index (Phi) is 4.59. The quantitative estimate of drug-likeness (QED) is 0.906. The number of benzene rings is 1. The molecule has 5 nitrogen and oxygen atoms in total. The maximum Gasteiger partial charge on any atom is 0.231 e. The van der Waals surface area contributed by atoms with Crippen molar-refractivity contribution in [2.24, 2.45) is 0 Å². The molecule has 0 aliphatic carbocycles. The van der Waals surface area contributed by atoms with E-state index in [0.717, 1.165) is 44.1 Å². The molecule has 0 unspecified atom stereocenters. The molecule has 1 aromatic heterocycles. The summed E-state index contributed by atoms with van der Waals surface area (Å²) in [5, 5.41) is 3.71. The molecule has 1 atom stereocenters. The molecular formula is C20H24N2O3. The van der Waals surface area contributed by atoms with E-state index in [1.807, 2.05) is 24.5 Å². The summed E-state index contributed by atoms with van der Waals surface area (Å²) < 4.78 is 16.7. The van der Waals surface area contributed by atoms with Crippen LogP contribution in [-0.4, -0.2) is 31.5 Å². The van der Waals surface area contributed by atoms with E-state index in [1.54, 1.807) is 0 Å². The van der Waals surface area contributed by atoms with Crippen molar-refractivity contribution in [2.75, 3.05) is 26.6 Å². The van der Waals surface area contributed by atoms with Gasteiger partial charge in [-0.15, -0.1) is 0 Å². The van der Waals surface area contributed by atoms with Crippen LogP contribution < -0.4 is 14.8 Å². The average molecular weight is 340 g/mol. The van der Waals surface area contributed by atoms with E-state index in [4.69, 9.17) is 14.2 Å². The van der Waals surface area contributed by atoms with Crippen LogP contribution in [0.15, 0.2) is 42.7 Å². The third-order valence-corrected chi connectivity index (χ3v) is 5.37. The first-order valence-corrected chi connectivity index (χ1v) is 8.88. The zero-order valence-corrected chi connectivity index (χ0v) is 14.5. The Morgan fingerprint density at radius 1 is 1.16 bits per heavy atom. The second-order valence-corrected chi connectivity index (χ2v) is 6.85. The molecule has 0 bridgehead atoms. The van der Waals surface area contributed by atoms with Gasteiger partial charge in [0.05, 0.1) is 0 Å². The lowest BCUT2D eigenvalue weighted by Gasteiger charge is -2.39. The van der Waals surface area contributed by atoms with Gasteiger partial charge in [0.1, 0.15) is 0 Å². The standard InChI is InChI=1S/C20H24N2O3/c1-15(16-3-2-8-21-12-16)22-13-20(6-9-23-10-7-20)17-4-5-18-19(11-17)25-14-24-18/h2-5,8,11-12,15,22H,6-7,9-10,13-14H2,1H3/t15-/m1/s1. The number of pyridine rings is 1. The van der Waals surface area contributed by atoms with Gasteiger partial charge in [0.25, 0.3) is 0 Å². The Balaban J connectivity index is 1.55. The fourth-order valence-corrected chi connectivity index (χ4v) is 3.65. The SMILES string of the molecule is C[C@@H](NCC1(c2ccc3c(c2)OCO3)CCOCC1)c1cccnc1. The Morgan fingerprint density at radius 2 is 2.00 bits per heavy atom. The van der Waals surface area contributed by atoms with Gasteiger partial charge in [0.2, 0.25) is 6.79 Å². The minimum Gasteiger partial charge on any atom is -0.454 e. The number of fused-ring (bicyclic) bond motifs is 1. The second kappa shape index (κ2) is 7.02. The first kappa shape index (κ1) is 16.4. The van der Waals surface area contributed by atoms with Gasteiger partial charge < -0.3 is 19.5 Å². The van der Waals surface area contributed by atoms with Crippen LogP contribution in [0.4, 0.5) is 0 Å². The average Bonchev–Trinajstić information content (AvgIpc) is 3.15. The van der Waals surface area contributed by atoms with E-state index in [9.17, 15) is 0 Å². The summed E-state index contributed by atoms with van der Waals surface area (Å²) >= 11 is 0. The number of nitrogens with one attached hydrogen (secondary N) is 1. The van der Waals surface area contributed by atoms with Gasteiger partial charge in [-0.25, -0.2) is 0 Å². The van der Waals surface area contributed by atoms with Crippen molar-refractivity contribution >= 4 is 0 Å². The lowest BCUT2D eigenvalue weighted by atomic mass is 9.74. The number of ether oxygens (including phenoxy) is 3. The number of hydrogen-bond donors (Lipinski definition) is 1. The van der Waals surface area contributed by atoms with Crippen molar-refractivity contribution in [1.82, 2.24) is 10.3 Å². The summed E-state index contributed by atoms with van der Waals surface area (Å²) in [6, 6.07) is 10.7. The largest absolute Gasteiger partial charge is 0.454 e. The molecule has 3 heterocycles. The van der Waals surface area contributed by atoms with E-state index >= 15 is 0 Å². The third kappa shape index (κ3) is 3.34. The van der Waals surface area contributed by atoms with Crippen LogP contribution in [0.1, 0.15) is 36.9 Å². The summed E-state index contributed by atoms with van der Waals surface area (Å²) in [6.07, 6.45) is 5.73. The minimum absolute atomic E-state index is 0.0513. The normalized spacial score (nSPS) is 19.6. The van der Waals surface area contributed by atoms with Crippen molar-refractivity contribution < 1.29 is 14.2 Å². The van der Waals surface area contributed by atoms with Crippen molar-refractivity contribution in [1.29, 1.82) is 0 Å². The molecule has 1 aromatic carbocycles. The summed E-state index contributed by atoms with van der Waals surface area (Å²) in [4.78, 5) is 4.22. The Hall–Kier alpha value is -2.11. The number of hydrogen-bond acceptors (Lipinski definition) is 5. The van der Waals surface area contributed by atoms with Crippen LogP contribution >= 0.6 is 0 Å². The molecular weight excluding hydrogens is 316 g/mol. The number of nitrogens with zero attached hydrogens (tertiary/aromatic N) is 1. The monoisotopic (exact) mass is 340 g/mol. The van der Waals surface area contributed by atoms with E-state index < -0.39 is 0 Å². The highest BCUT2D eigenvalue weighted by atomic mass is 16.7. The fraction of sp³-hybridized carbons (Fsp3) is 0.450. The van der Waals surface area contributed by atoms with Crippen molar-refractivity contribution in [3.8, 4) is 11.5 Å². The van der Waals surface area contributed by atoms with E-state index in [0.29, 0.717) is 6.79 Å². The summed E-state index contributed by atoms with van der Waals surface area (Å²) in [7, 11) is 0. The molecule has 132 valence electrons. The Bertz CT molecular complexity index is 714. The van der Waals surface area contributed by atoms with Gasteiger partial charge in [0, 0.05) is 43.6 Å². The molecule has 0 radical (unpaired) electrons. The van der Waals surface area contributed by atoms with Gasteiger partial charge in [-0.1, -0.05) is 12.1 Å². The number of rotatable bonds is 5. The van der Waals surface area contributed by atoms with Crippen molar-refractivity contribution in [2.45, 2.75) is 31.2 Å². The Morgan fingerprint density at radius 3 is 2.80 bits per heavy atom. The Labute approximate surface area is 148 Å². The molecule has 5 heteroatoms. The highest BCUT2D eigenvalue weighted by Gasteiger charge is 2.35. The van der Waals surface area contributed by atoms with Crippen LogP contribution in [0.5, 0.6) is 11.5 Å². The summed E-state index contributed by atoms with van der Waals surface area (Å²) in [5.41, 5.74) is 2.55. The minimum atomic E-state index is 0.0513. The molecule has 2 aliphatic rings. The first-order chi connectivity index (χ1) is 12.3. The molecule has 0 saturated carbocycles. The van der Waals surface area contributed by atoms with Crippen LogP contribution in [0, 0.1) is 0 Å². The van der Waals surface area contributed by atoms with Crippen LogP contribution in [0.2, 0.25) is 0 Å². The molecule has 0 spiro atoms. The summed E-state index contributed by atoms with van der Waals surface area (Å²) in [5.74, 6) is 1.69. The van der Waals surface area contributed by atoms with E-state index in [2.05, 4.69) is 35.4 Å². The maximum atomic E-state index is 5.64. The highest BCUT2D eigenvalue weighted by Crippen LogP contribution is 2.40. The molecule has 1 saturated heterocycles. The zero-order valence-electron chi connectivity index (χ0n) is 14.5. The molecule has 4 rings (SSSR count). The van der Waals surface area contributed by atoms with Crippen LogP contribution in [0.25, 0.3) is 0 Å². The van der Waals surface area contributed by atoms with Crippen LogP contribution in [0.3, 0.4) is 0 Å².